The summed E-state index contributed by atoms with van der Waals surface area (Å²) in [6, 6.07) is 14.4. The van der Waals surface area contributed by atoms with Crippen molar-refractivity contribution < 1.29 is 14.3 Å². The highest BCUT2D eigenvalue weighted by atomic mass is 35.5. The topological polar surface area (TPSA) is 85.3 Å². The Labute approximate surface area is 186 Å². The molecule has 2 aromatic heterocycles. The van der Waals surface area contributed by atoms with Crippen molar-refractivity contribution in [3.63, 3.8) is 0 Å². The Balaban J connectivity index is 1.44. The number of halogens is 1. The first-order chi connectivity index (χ1) is 14.9. The van der Waals surface area contributed by atoms with E-state index >= 15 is 0 Å². The molecule has 4 aromatic rings. The van der Waals surface area contributed by atoms with Crippen LogP contribution in [0, 0.1) is 6.92 Å². The monoisotopic (exact) mass is 452 g/mol. The molecule has 156 valence electrons. The van der Waals surface area contributed by atoms with Crippen LogP contribution in [0.15, 0.2) is 48.5 Å². The minimum Gasteiger partial charge on any atom is -0.479 e. The van der Waals surface area contributed by atoms with Gasteiger partial charge in [-0.2, -0.15) is 5.10 Å². The molecule has 0 spiro atoms. The lowest BCUT2D eigenvalue weighted by atomic mass is 10.2. The molecule has 1 aliphatic heterocycles. The summed E-state index contributed by atoms with van der Waals surface area (Å²) in [5, 5.41) is 11.8. The van der Waals surface area contributed by atoms with E-state index in [-0.39, 0.29) is 11.8 Å². The number of carbonyl (C=O) groups excluding carboxylic acids is 2. The Morgan fingerprint density at radius 2 is 2.10 bits per heavy atom. The van der Waals surface area contributed by atoms with Crippen LogP contribution >= 0.6 is 22.9 Å². The SMILES string of the molecule is Cc1nn(-c2cccc(Cl)c2)c2sc(C(=O)Nc3ccc4c(c3)NC(=O)C(C)O4)cc12. The third-order valence-electron chi connectivity index (χ3n) is 4.99. The highest BCUT2D eigenvalue weighted by molar-refractivity contribution is 7.20. The van der Waals surface area contributed by atoms with Gasteiger partial charge in [-0.3, -0.25) is 9.59 Å². The average molecular weight is 453 g/mol. The van der Waals surface area contributed by atoms with Crippen LogP contribution in [0.3, 0.4) is 0 Å². The highest BCUT2D eigenvalue weighted by Gasteiger charge is 2.24. The van der Waals surface area contributed by atoms with E-state index in [1.165, 1.54) is 11.3 Å². The number of fused-ring (bicyclic) bond motifs is 2. The van der Waals surface area contributed by atoms with Gasteiger partial charge in [0.25, 0.3) is 11.8 Å². The molecule has 3 heterocycles. The van der Waals surface area contributed by atoms with Crippen molar-refractivity contribution in [2.24, 2.45) is 0 Å². The molecule has 0 fully saturated rings. The Kier molecular flexibility index (Phi) is 4.68. The molecule has 5 rings (SSSR count). The van der Waals surface area contributed by atoms with E-state index in [2.05, 4.69) is 15.7 Å². The number of anilines is 2. The second-order valence-electron chi connectivity index (χ2n) is 7.22. The Morgan fingerprint density at radius 3 is 2.90 bits per heavy atom. The van der Waals surface area contributed by atoms with Gasteiger partial charge in [-0.25, -0.2) is 4.68 Å². The number of hydrogen-bond acceptors (Lipinski definition) is 5. The summed E-state index contributed by atoms with van der Waals surface area (Å²) in [6.45, 7) is 3.59. The Bertz CT molecular complexity index is 1360. The van der Waals surface area contributed by atoms with E-state index in [1.54, 1.807) is 35.9 Å². The predicted octanol–water partition coefficient (Wildman–Crippen LogP) is 5.02. The van der Waals surface area contributed by atoms with Gasteiger partial charge in [0.05, 0.1) is 21.9 Å². The van der Waals surface area contributed by atoms with Gasteiger partial charge in [0.1, 0.15) is 10.6 Å². The van der Waals surface area contributed by atoms with Crippen LogP contribution in [-0.2, 0) is 4.79 Å². The van der Waals surface area contributed by atoms with E-state index in [0.29, 0.717) is 27.0 Å². The molecule has 2 N–H and O–H groups in total. The van der Waals surface area contributed by atoms with Gasteiger partial charge in [-0.05, 0) is 56.3 Å². The first kappa shape index (κ1) is 19.6. The van der Waals surface area contributed by atoms with Crippen LogP contribution in [0.25, 0.3) is 15.9 Å². The quantitative estimate of drug-likeness (QED) is 0.457. The third-order valence-corrected chi connectivity index (χ3v) is 6.33. The first-order valence-corrected chi connectivity index (χ1v) is 10.8. The van der Waals surface area contributed by atoms with Crippen LogP contribution in [0.1, 0.15) is 22.3 Å². The second kappa shape index (κ2) is 7.40. The van der Waals surface area contributed by atoms with Gasteiger partial charge >= 0.3 is 0 Å². The third kappa shape index (κ3) is 3.54. The molecular formula is C22H17ClN4O3S. The van der Waals surface area contributed by atoms with Crippen LogP contribution in [-0.4, -0.2) is 27.7 Å². The molecule has 9 heteroatoms. The average Bonchev–Trinajstić information content (AvgIpc) is 3.30. The molecule has 2 aromatic carbocycles. The molecule has 0 aliphatic carbocycles. The summed E-state index contributed by atoms with van der Waals surface area (Å²) in [7, 11) is 0. The maximum atomic E-state index is 12.9. The standard InChI is InChI=1S/C22H17ClN4O3S/c1-11-16-10-19(31-22(16)27(26-11)15-5-3-4-13(23)8-15)21(29)24-14-6-7-18-17(9-14)25-20(28)12(2)30-18/h3-10,12H,1-2H3,(H,24,29)(H,25,28). The van der Waals surface area contributed by atoms with Crippen molar-refractivity contribution in [3.8, 4) is 11.4 Å². The number of hydrogen-bond donors (Lipinski definition) is 2. The van der Waals surface area contributed by atoms with Gasteiger partial charge in [0, 0.05) is 16.1 Å². The van der Waals surface area contributed by atoms with Gasteiger partial charge in [0.2, 0.25) is 0 Å². The fourth-order valence-corrected chi connectivity index (χ4v) is 4.68. The molecule has 1 aliphatic rings. The Hall–Kier alpha value is -3.36. The van der Waals surface area contributed by atoms with E-state index in [9.17, 15) is 9.59 Å². The largest absolute Gasteiger partial charge is 0.479 e. The lowest BCUT2D eigenvalue weighted by Gasteiger charge is -2.23. The minimum absolute atomic E-state index is 0.221. The summed E-state index contributed by atoms with van der Waals surface area (Å²) >= 11 is 7.48. The number of thiophene rings is 1. The number of aryl methyl sites for hydroxylation is 1. The van der Waals surface area contributed by atoms with Gasteiger partial charge < -0.3 is 15.4 Å². The zero-order chi connectivity index (χ0) is 21.7. The number of amides is 2. The minimum atomic E-state index is -0.547. The summed E-state index contributed by atoms with van der Waals surface area (Å²) in [6.07, 6.45) is -0.547. The van der Waals surface area contributed by atoms with E-state index < -0.39 is 6.10 Å². The fraction of sp³-hybridized carbons (Fsp3) is 0.136. The van der Waals surface area contributed by atoms with Crippen molar-refractivity contribution in [3.05, 3.63) is 64.1 Å². The Morgan fingerprint density at radius 1 is 1.26 bits per heavy atom. The van der Waals surface area contributed by atoms with Crippen LogP contribution in [0.4, 0.5) is 11.4 Å². The van der Waals surface area contributed by atoms with Crippen molar-refractivity contribution in [2.75, 3.05) is 10.6 Å². The molecular weight excluding hydrogens is 436 g/mol. The van der Waals surface area contributed by atoms with E-state index in [1.807, 2.05) is 31.2 Å². The predicted molar refractivity (Wildman–Crippen MR) is 122 cm³/mol. The number of ether oxygens (including phenoxy) is 1. The highest BCUT2D eigenvalue weighted by Crippen LogP contribution is 2.34. The second-order valence-corrected chi connectivity index (χ2v) is 8.69. The zero-order valence-electron chi connectivity index (χ0n) is 16.6. The maximum Gasteiger partial charge on any atom is 0.265 e. The van der Waals surface area contributed by atoms with E-state index in [4.69, 9.17) is 16.3 Å². The van der Waals surface area contributed by atoms with Crippen LogP contribution < -0.4 is 15.4 Å². The number of rotatable bonds is 3. The molecule has 2 amide bonds. The van der Waals surface area contributed by atoms with E-state index in [0.717, 1.165) is 21.6 Å². The molecule has 0 radical (unpaired) electrons. The normalized spacial score (nSPS) is 15.3. The number of nitrogens with one attached hydrogen (secondary N) is 2. The van der Waals surface area contributed by atoms with Gasteiger partial charge in [0.15, 0.2) is 6.10 Å². The van der Waals surface area contributed by atoms with Crippen LogP contribution in [0.2, 0.25) is 5.02 Å². The smallest absolute Gasteiger partial charge is 0.265 e. The van der Waals surface area contributed by atoms with Crippen molar-refractivity contribution >= 4 is 56.3 Å². The zero-order valence-corrected chi connectivity index (χ0v) is 18.2. The molecule has 7 nitrogen and oxygen atoms in total. The maximum absolute atomic E-state index is 12.9. The van der Waals surface area contributed by atoms with Crippen LogP contribution in [0.5, 0.6) is 5.75 Å². The number of nitrogens with zero attached hydrogens (tertiary/aromatic N) is 2. The summed E-state index contributed by atoms with van der Waals surface area (Å²) < 4.78 is 7.35. The summed E-state index contributed by atoms with van der Waals surface area (Å²) in [5.41, 5.74) is 2.75. The van der Waals surface area contributed by atoms with Crippen molar-refractivity contribution in [2.45, 2.75) is 20.0 Å². The lowest BCUT2D eigenvalue weighted by Crippen LogP contribution is -2.34. The molecule has 0 bridgehead atoms. The first-order valence-electron chi connectivity index (χ1n) is 9.57. The van der Waals surface area contributed by atoms with Crippen molar-refractivity contribution in [1.82, 2.24) is 9.78 Å². The number of carbonyl (C=O) groups is 2. The molecule has 1 atom stereocenters. The van der Waals surface area contributed by atoms with Gasteiger partial charge in [-0.1, -0.05) is 17.7 Å². The van der Waals surface area contributed by atoms with Crippen molar-refractivity contribution in [1.29, 1.82) is 0 Å². The molecule has 1 unspecified atom stereocenters. The molecule has 31 heavy (non-hydrogen) atoms. The lowest BCUT2D eigenvalue weighted by molar-refractivity contribution is -0.122. The fourth-order valence-electron chi connectivity index (χ4n) is 3.42. The summed E-state index contributed by atoms with van der Waals surface area (Å²) in [4.78, 5) is 26.2. The molecule has 0 saturated heterocycles. The number of aromatic nitrogens is 2. The molecule has 0 saturated carbocycles. The number of benzene rings is 2. The van der Waals surface area contributed by atoms with Gasteiger partial charge in [-0.15, -0.1) is 11.3 Å². The summed E-state index contributed by atoms with van der Waals surface area (Å²) in [5.74, 6) is 0.111.